The van der Waals surface area contributed by atoms with E-state index in [9.17, 15) is 0 Å². The van der Waals surface area contributed by atoms with Crippen molar-refractivity contribution in [1.29, 1.82) is 0 Å². The maximum absolute atomic E-state index is 7.07. The molecule has 0 aromatic carbocycles. The molecule has 0 fully saturated rings. The van der Waals surface area contributed by atoms with Gasteiger partial charge in [-0.25, -0.2) is 4.98 Å². The topological polar surface area (TPSA) is 51.8 Å². The molecule has 0 radical (unpaired) electrons. The van der Waals surface area contributed by atoms with Crippen LogP contribution in [0.25, 0.3) is 0 Å². The van der Waals surface area contributed by atoms with Gasteiger partial charge in [0.2, 0.25) is 0 Å². The van der Waals surface area contributed by atoms with E-state index in [2.05, 4.69) is 9.97 Å². The molecule has 8 heavy (non-hydrogen) atoms. The summed E-state index contributed by atoms with van der Waals surface area (Å²) in [5.41, 5.74) is 4.82. The van der Waals surface area contributed by atoms with E-state index in [-0.39, 0.29) is 5.82 Å². The molecular formula is C5H7N3. The molecule has 1 heterocycles. The molecule has 3 nitrogen and oxygen atoms in total. The van der Waals surface area contributed by atoms with Gasteiger partial charge in [0.25, 0.3) is 0 Å². The van der Waals surface area contributed by atoms with E-state index < -0.39 is 24.9 Å². The van der Waals surface area contributed by atoms with Crippen molar-refractivity contribution >= 4 is 5.82 Å². The number of nitrogens with zero attached hydrogens (tertiary/aromatic N) is 2. The maximum Gasteiger partial charge on any atom is 0.144 e. The molecule has 0 bridgehead atoms. The molecule has 1 aromatic rings. The summed E-state index contributed by atoms with van der Waals surface area (Å²) in [5, 5.41) is 0. The van der Waals surface area contributed by atoms with Crippen LogP contribution >= 0.6 is 0 Å². The molecule has 42 valence electrons. The van der Waals surface area contributed by atoms with Crippen LogP contribution in [0, 0.1) is 6.85 Å². The van der Waals surface area contributed by atoms with Gasteiger partial charge in [-0.3, -0.25) is 4.98 Å². The summed E-state index contributed by atoms with van der Waals surface area (Å²) in [5.74, 6) is -0.319. The van der Waals surface area contributed by atoms with E-state index in [4.69, 9.17) is 12.6 Å². The fraction of sp³-hybridized carbons (Fsp3) is 0.200. The van der Waals surface area contributed by atoms with Gasteiger partial charge in [0.15, 0.2) is 0 Å². The third-order valence-electron chi connectivity index (χ3n) is 0.637. The summed E-state index contributed by atoms with van der Waals surface area (Å²) in [6.45, 7) is -2.49. The lowest BCUT2D eigenvalue weighted by Gasteiger charge is -1.91. The van der Waals surface area contributed by atoms with Crippen molar-refractivity contribution in [2.45, 2.75) is 6.85 Å². The first-order valence-electron chi connectivity index (χ1n) is 4.43. The zero-order valence-electron chi connectivity index (χ0n) is 8.97. The Bertz CT molecular complexity index is 334. The Balaban J connectivity index is 3.32. The van der Waals surface area contributed by atoms with Crippen LogP contribution < -0.4 is 5.73 Å². The van der Waals surface area contributed by atoms with Crippen LogP contribution in [0.15, 0.2) is 12.3 Å². The van der Waals surface area contributed by atoms with Crippen molar-refractivity contribution in [3.63, 3.8) is 0 Å². The second kappa shape index (κ2) is 1.78. The molecule has 0 aliphatic carbocycles. The van der Waals surface area contributed by atoms with Crippen LogP contribution in [0.5, 0.6) is 0 Å². The summed E-state index contributed by atoms with van der Waals surface area (Å²) in [6.07, 6.45) is -0.911. The molecule has 0 unspecified atom stereocenters. The van der Waals surface area contributed by atoms with Crippen LogP contribution in [0.4, 0.5) is 5.82 Å². The highest BCUT2D eigenvalue weighted by Crippen LogP contribution is 1.97. The SMILES string of the molecule is [2H]c1nc(N)c(C([2H])([2H])[2H])nc1[2H]. The number of rotatable bonds is 0. The number of nitrogens with two attached hydrogens (primary N) is 1. The van der Waals surface area contributed by atoms with Gasteiger partial charge in [0, 0.05) is 16.5 Å². The molecular weight excluding hydrogens is 102 g/mol. The molecule has 0 aliphatic heterocycles. The predicted molar refractivity (Wildman–Crippen MR) is 31.2 cm³/mol. The fourth-order valence-electron chi connectivity index (χ4n) is 0.276. The molecule has 0 atom stereocenters. The van der Waals surface area contributed by atoms with Crippen LogP contribution in [0.2, 0.25) is 0 Å². The molecule has 0 spiro atoms. The Kier molecular flexibility index (Phi) is 0.374. The number of hydrogen-bond acceptors (Lipinski definition) is 3. The lowest BCUT2D eigenvalue weighted by Crippen LogP contribution is -1.94. The second-order valence-electron chi connectivity index (χ2n) is 1.18. The largest absolute Gasteiger partial charge is 0.382 e. The Morgan fingerprint density at radius 3 is 3.25 bits per heavy atom. The van der Waals surface area contributed by atoms with E-state index in [1.807, 2.05) is 0 Å². The summed E-state index contributed by atoms with van der Waals surface area (Å²) in [7, 11) is 0. The van der Waals surface area contributed by atoms with Crippen molar-refractivity contribution < 1.29 is 6.85 Å². The summed E-state index contributed by atoms with van der Waals surface area (Å²) >= 11 is 0. The van der Waals surface area contributed by atoms with Gasteiger partial charge in [-0.15, -0.1) is 0 Å². The lowest BCUT2D eigenvalue weighted by molar-refractivity contribution is 1.13. The summed E-state index contributed by atoms with van der Waals surface area (Å²) in [6, 6.07) is 0. The number of hydrogen-bond donors (Lipinski definition) is 1. The average Bonchev–Trinajstić information content (AvgIpc) is 1.94. The van der Waals surface area contributed by atoms with Crippen LogP contribution in [-0.4, -0.2) is 9.97 Å². The highest BCUT2D eigenvalue weighted by atomic mass is 14.9. The molecule has 3 heteroatoms. The predicted octanol–water partition coefficient (Wildman–Crippen LogP) is 0.367. The molecule has 0 saturated carbocycles. The van der Waals surface area contributed by atoms with Crippen molar-refractivity contribution in [1.82, 2.24) is 9.97 Å². The monoisotopic (exact) mass is 114 g/mol. The fourth-order valence-corrected chi connectivity index (χ4v) is 0.276. The van der Waals surface area contributed by atoms with Crippen LogP contribution in [-0.2, 0) is 0 Å². The molecule has 1 aromatic heterocycles. The Labute approximate surface area is 54.6 Å². The molecule has 1 rings (SSSR count). The van der Waals surface area contributed by atoms with Gasteiger partial charge in [-0.05, 0) is 6.85 Å². The number of aromatic nitrogens is 2. The van der Waals surface area contributed by atoms with Gasteiger partial charge in [-0.1, -0.05) is 0 Å². The smallest absolute Gasteiger partial charge is 0.144 e. The van der Waals surface area contributed by atoms with E-state index >= 15 is 0 Å². The van der Waals surface area contributed by atoms with Crippen molar-refractivity contribution in [3.05, 3.63) is 18.0 Å². The number of aryl methyl sites for hydroxylation is 1. The van der Waals surface area contributed by atoms with E-state index in [1.54, 1.807) is 0 Å². The Morgan fingerprint density at radius 2 is 2.50 bits per heavy atom. The van der Waals surface area contributed by atoms with Crippen molar-refractivity contribution in [3.8, 4) is 0 Å². The lowest BCUT2D eigenvalue weighted by atomic mass is 10.5. The zero-order valence-corrected chi connectivity index (χ0v) is 3.97. The summed E-state index contributed by atoms with van der Waals surface area (Å²) in [4.78, 5) is 6.75. The number of nitrogen functional groups attached to an aromatic ring is 1. The minimum Gasteiger partial charge on any atom is -0.382 e. The van der Waals surface area contributed by atoms with Gasteiger partial charge in [0.1, 0.15) is 5.82 Å². The Hall–Kier alpha value is -1.12. The van der Waals surface area contributed by atoms with Gasteiger partial charge in [0.05, 0.1) is 8.44 Å². The first-order valence-corrected chi connectivity index (χ1v) is 1.93. The van der Waals surface area contributed by atoms with Crippen LogP contribution in [0.1, 0.15) is 12.5 Å². The molecule has 0 aliphatic rings. The average molecular weight is 114 g/mol. The van der Waals surface area contributed by atoms with Crippen molar-refractivity contribution in [2.75, 3.05) is 5.73 Å². The van der Waals surface area contributed by atoms with Crippen molar-refractivity contribution in [2.24, 2.45) is 0 Å². The highest BCUT2D eigenvalue weighted by molar-refractivity contribution is 5.30. The first-order chi connectivity index (χ1) is 5.82. The van der Waals surface area contributed by atoms with E-state index in [1.165, 1.54) is 0 Å². The quantitative estimate of drug-likeness (QED) is 0.530. The second-order valence-corrected chi connectivity index (χ2v) is 1.18. The first kappa shape index (κ1) is 1.69. The number of anilines is 1. The molecule has 2 N–H and O–H groups in total. The standard InChI is InChI=1S/C5H7N3/c1-4-5(6)8-3-2-7-4/h2-3H,1H3,(H2,6,8)/i1D3,2D,3D. The van der Waals surface area contributed by atoms with Crippen LogP contribution in [0.3, 0.4) is 0 Å². The minimum atomic E-state index is -2.49. The molecule has 0 saturated heterocycles. The molecule has 0 amide bonds. The normalized spacial score (nSPS) is 19.8. The summed E-state index contributed by atoms with van der Waals surface area (Å²) < 4.78 is 35.1. The van der Waals surface area contributed by atoms with Gasteiger partial charge in [-0.2, -0.15) is 0 Å². The van der Waals surface area contributed by atoms with Gasteiger partial charge >= 0.3 is 0 Å². The zero-order chi connectivity index (χ0) is 10.2. The van der Waals surface area contributed by atoms with E-state index in [0.717, 1.165) is 0 Å². The Morgan fingerprint density at radius 1 is 1.75 bits per heavy atom. The third kappa shape index (κ3) is 0.753. The maximum atomic E-state index is 7.07. The van der Waals surface area contributed by atoms with Gasteiger partial charge < -0.3 is 5.73 Å². The highest BCUT2D eigenvalue weighted by Gasteiger charge is 1.88. The third-order valence-corrected chi connectivity index (χ3v) is 0.637. The van der Waals surface area contributed by atoms with E-state index in [0.29, 0.717) is 0 Å². The minimum absolute atomic E-state index is 0.319.